The summed E-state index contributed by atoms with van der Waals surface area (Å²) in [6.07, 6.45) is 8.46. The lowest BCUT2D eigenvalue weighted by molar-refractivity contribution is -0.146. The van der Waals surface area contributed by atoms with Crippen LogP contribution in [0.15, 0.2) is 24.3 Å². The third-order valence-electron chi connectivity index (χ3n) is 8.60. The Morgan fingerprint density at radius 3 is 2.20 bits per heavy atom. The molecule has 1 saturated carbocycles. The molecule has 1 aliphatic carbocycles. The lowest BCUT2D eigenvalue weighted by atomic mass is 9.63. The molecule has 224 valence electrons. The van der Waals surface area contributed by atoms with E-state index in [0.29, 0.717) is 31.8 Å². The van der Waals surface area contributed by atoms with Gasteiger partial charge in [-0.15, -0.1) is 0 Å². The van der Waals surface area contributed by atoms with Crippen LogP contribution in [0.3, 0.4) is 0 Å². The van der Waals surface area contributed by atoms with Crippen LogP contribution in [0.2, 0.25) is 0 Å². The molecule has 3 amide bonds. The summed E-state index contributed by atoms with van der Waals surface area (Å²) in [6.45, 7) is 9.98. The maximum Gasteiger partial charge on any atom is 0.235 e. The van der Waals surface area contributed by atoms with Gasteiger partial charge in [0.2, 0.25) is 17.7 Å². The van der Waals surface area contributed by atoms with Crippen LogP contribution in [0, 0.1) is 17.2 Å². The highest BCUT2D eigenvalue weighted by atomic mass is 19.1. The number of hydrogen-bond donors (Lipinski definition) is 3. The van der Waals surface area contributed by atoms with Gasteiger partial charge in [0.15, 0.2) is 0 Å². The first-order valence-corrected chi connectivity index (χ1v) is 15.0. The lowest BCUT2D eigenvalue weighted by Gasteiger charge is -2.47. The smallest absolute Gasteiger partial charge is 0.235 e. The number of primary amides is 1. The summed E-state index contributed by atoms with van der Waals surface area (Å²) in [4.78, 5) is 40.8. The van der Waals surface area contributed by atoms with E-state index in [-0.39, 0.29) is 40.5 Å². The van der Waals surface area contributed by atoms with E-state index in [9.17, 15) is 18.8 Å². The number of halogens is 1. The number of carbonyl (C=O) groups excluding carboxylic acids is 3. The fourth-order valence-electron chi connectivity index (χ4n) is 6.24. The fourth-order valence-corrected chi connectivity index (χ4v) is 6.24. The molecule has 2 saturated heterocycles. The fraction of sp³-hybridized carbons (Fsp3) is 0.710. The van der Waals surface area contributed by atoms with Gasteiger partial charge in [0, 0.05) is 44.7 Å². The van der Waals surface area contributed by atoms with Crippen molar-refractivity contribution < 1.29 is 18.8 Å². The van der Waals surface area contributed by atoms with Gasteiger partial charge in [-0.25, -0.2) is 4.39 Å². The number of nitrogens with zero attached hydrogens (tertiary/aromatic N) is 2. The van der Waals surface area contributed by atoms with Crippen LogP contribution in [0.4, 0.5) is 4.39 Å². The van der Waals surface area contributed by atoms with E-state index in [1.54, 1.807) is 12.1 Å². The predicted molar refractivity (Wildman–Crippen MR) is 156 cm³/mol. The van der Waals surface area contributed by atoms with Gasteiger partial charge in [-0.1, -0.05) is 31.4 Å². The van der Waals surface area contributed by atoms with Crippen molar-refractivity contribution in [2.45, 2.75) is 90.1 Å². The average molecular weight is 560 g/mol. The summed E-state index contributed by atoms with van der Waals surface area (Å²) in [6, 6.07) is 6.20. The molecule has 4 N–H and O–H groups in total. The second kappa shape index (κ2) is 14.4. The second-order valence-electron chi connectivity index (χ2n) is 12.9. The molecule has 40 heavy (non-hydrogen) atoms. The molecule has 1 aromatic rings. The molecule has 0 spiro atoms. The molecule has 9 heteroatoms. The summed E-state index contributed by atoms with van der Waals surface area (Å²) >= 11 is 0. The highest BCUT2D eigenvalue weighted by Gasteiger charge is 2.48. The Morgan fingerprint density at radius 1 is 1.05 bits per heavy atom. The molecule has 8 nitrogen and oxygen atoms in total. The van der Waals surface area contributed by atoms with Gasteiger partial charge < -0.3 is 26.2 Å². The number of benzene rings is 1. The van der Waals surface area contributed by atoms with E-state index in [2.05, 4.69) is 15.5 Å². The molecular weight excluding hydrogens is 509 g/mol. The number of aryl methyl sites for hydroxylation is 1. The molecule has 1 unspecified atom stereocenters. The quantitative estimate of drug-likeness (QED) is 0.496. The minimum atomic E-state index is -0.346. The van der Waals surface area contributed by atoms with Crippen molar-refractivity contribution in [2.75, 3.05) is 39.8 Å². The number of rotatable bonds is 6. The first kappa shape index (κ1) is 32.0. The van der Waals surface area contributed by atoms with Gasteiger partial charge >= 0.3 is 0 Å². The Morgan fingerprint density at radius 2 is 1.68 bits per heavy atom. The van der Waals surface area contributed by atoms with Gasteiger partial charge in [-0.05, 0) is 83.5 Å². The van der Waals surface area contributed by atoms with Gasteiger partial charge in [-0.3, -0.25) is 14.4 Å². The minimum absolute atomic E-state index is 0.132. The molecular formula is C31H50FN5O3. The van der Waals surface area contributed by atoms with Crippen LogP contribution in [0.25, 0.3) is 0 Å². The van der Waals surface area contributed by atoms with Crippen LogP contribution in [-0.4, -0.2) is 78.9 Å². The van der Waals surface area contributed by atoms with E-state index in [1.807, 2.05) is 32.7 Å². The van der Waals surface area contributed by atoms with Crippen LogP contribution >= 0.6 is 0 Å². The number of amides is 3. The zero-order chi connectivity index (χ0) is 29.3. The predicted octanol–water partition coefficient (Wildman–Crippen LogP) is 3.24. The van der Waals surface area contributed by atoms with E-state index in [1.165, 1.54) is 31.4 Å². The van der Waals surface area contributed by atoms with Crippen molar-refractivity contribution in [2.24, 2.45) is 17.1 Å². The van der Waals surface area contributed by atoms with Crippen LogP contribution in [0.5, 0.6) is 0 Å². The van der Waals surface area contributed by atoms with Crippen LogP contribution in [0.1, 0.15) is 77.7 Å². The topological polar surface area (TPSA) is 108 Å². The summed E-state index contributed by atoms with van der Waals surface area (Å²) in [7, 11) is 1.98. The maximum atomic E-state index is 13.4. The lowest BCUT2D eigenvalue weighted by Crippen LogP contribution is -2.57. The van der Waals surface area contributed by atoms with E-state index < -0.39 is 0 Å². The third kappa shape index (κ3) is 9.26. The van der Waals surface area contributed by atoms with Crippen molar-refractivity contribution in [3.63, 3.8) is 0 Å². The van der Waals surface area contributed by atoms with Crippen LogP contribution in [-0.2, 0) is 20.8 Å². The zero-order valence-electron chi connectivity index (χ0n) is 24.9. The summed E-state index contributed by atoms with van der Waals surface area (Å²) in [5.74, 6) is 0.221. The van der Waals surface area contributed by atoms with Crippen molar-refractivity contribution in [3.05, 3.63) is 35.6 Å². The highest BCUT2D eigenvalue weighted by Crippen LogP contribution is 2.46. The van der Waals surface area contributed by atoms with Crippen LogP contribution < -0.4 is 16.4 Å². The molecule has 0 aromatic heterocycles. The third-order valence-corrected chi connectivity index (χ3v) is 8.60. The number of likely N-dealkylation sites (N-methyl/N-ethyl adjacent to an activating group) is 1. The number of piperidine rings is 1. The summed E-state index contributed by atoms with van der Waals surface area (Å²) < 4.78 is 13.1. The number of piperazine rings is 1. The molecule has 1 aromatic carbocycles. The largest absolute Gasteiger partial charge is 0.368 e. The van der Waals surface area contributed by atoms with Crippen molar-refractivity contribution in [1.29, 1.82) is 0 Å². The van der Waals surface area contributed by atoms with Gasteiger partial charge in [0.1, 0.15) is 5.82 Å². The molecule has 3 fully saturated rings. The Kier molecular flexibility index (Phi) is 11.5. The van der Waals surface area contributed by atoms with Gasteiger partial charge in [0.25, 0.3) is 0 Å². The van der Waals surface area contributed by atoms with E-state index >= 15 is 0 Å². The molecule has 2 heterocycles. The molecule has 4 rings (SSSR count). The normalized spacial score (nSPS) is 22.1. The SMILES string of the molecule is CC(C)(C)NC(=O)C1(C2CCCCC2)CCN(C(=O)CCc2ccc(F)cc2)CC1.CN1CCNC(C(N)=O)C1. The standard InChI is InChI=1S/C25H37FN2O2.C6H13N3O/c1-24(2,3)27-23(30)25(20-7-5-4-6-8-20)15-17-28(18-16-25)22(29)14-11-19-9-12-21(26)13-10-19;1-9-3-2-8-5(4-9)6(7)10/h9-10,12-13,20H,4-8,11,14-18H2,1-3H3,(H,27,30);5,8H,2-4H2,1H3,(H2,7,10). The van der Waals surface area contributed by atoms with E-state index in [0.717, 1.165) is 50.9 Å². The minimum Gasteiger partial charge on any atom is -0.368 e. The van der Waals surface area contributed by atoms with Crippen molar-refractivity contribution in [1.82, 2.24) is 20.4 Å². The number of hydrogen-bond acceptors (Lipinski definition) is 5. The molecule has 2 aliphatic heterocycles. The monoisotopic (exact) mass is 559 g/mol. The highest BCUT2D eigenvalue weighted by molar-refractivity contribution is 5.84. The number of likely N-dealkylation sites (tertiary alicyclic amines) is 1. The Balaban J connectivity index is 0.000000371. The first-order valence-electron chi connectivity index (χ1n) is 15.0. The van der Waals surface area contributed by atoms with Gasteiger partial charge in [0.05, 0.1) is 11.5 Å². The Labute approximate surface area is 239 Å². The number of nitrogens with two attached hydrogens (primary N) is 1. The molecule has 0 bridgehead atoms. The number of carbonyl (C=O) groups is 3. The van der Waals surface area contributed by atoms with Gasteiger partial charge in [-0.2, -0.15) is 0 Å². The molecule has 3 aliphatic rings. The summed E-state index contributed by atoms with van der Waals surface area (Å²) in [5.41, 5.74) is 5.48. The van der Waals surface area contributed by atoms with E-state index in [4.69, 9.17) is 5.73 Å². The second-order valence-corrected chi connectivity index (χ2v) is 12.9. The Bertz CT molecular complexity index is 980. The molecule has 0 radical (unpaired) electrons. The maximum absolute atomic E-state index is 13.4. The average Bonchev–Trinajstić information content (AvgIpc) is 2.92. The molecule has 1 atom stereocenters. The van der Waals surface area contributed by atoms with Crippen molar-refractivity contribution in [3.8, 4) is 0 Å². The first-order chi connectivity index (χ1) is 18.9. The number of nitrogens with one attached hydrogen (secondary N) is 2. The Hall–Kier alpha value is -2.52. The van der Waals surface area contributed by atoms with Crippen molar-refractivity contribution >= 4 is 17.7 Å². The zero-order valence-corrected chi connectivity index (χ0v) is 24.9. The summed E-state index contributed by atoms with van der Waals surface area (Å²) in [5, 5.41) is 6.28.